The van der Waals surface area contributed by atoms with E-state index in [4.69, 9.17) is 5.73 Å². The van der Waals surface area contributed by atoms with E-state index in [1.165, 1.54) is 43.4 Å². The summed E-state index contributed by atoms with van der Waals surface area (Å²) < 4.78 is 0. The summed E-state index contributed by atoms with van der Waals surface area (Å²) in [7, 11) is 0. The minimum absolute atomic E-state index is 0.0952. The van der Waals surface area contributed by atoms with Crippen molar-refractivity contribution >= 4 is 28.1 Å². The van der Waals surface area contributed by atoms with Crippen LogP contribution in [-0.4, -0.2) is 10.9 Å². The van der Waals surface area contributed by atoms with Gasteiger partial charge in [0.05, 0.1) is 5.41 Å². The second-order valence-corrected chi connectivity index (χ2v) is 7.99. The molecule has 1 heterocycles. The molecule has 2 aromatic rings. The maximum absolute atomic E-state index is 13.2. The number of hydrogen-bond acceptors (Lipinski definition) is 4. The topological polar surface area (TPSA) is 68.0 Å². The van der Waals surface area contributed by atoms with Crippen molar-refractivity contribution in [2.75, 3.05) is 11.1 Å². The Morgan fingerprint density at radius 3 is 2.62 bits per heavy atom. The molecule has 126 valence electrons. The summed E-state index contributed by atoms with van der Waals surface area (Å²) in [6.07, 6.45) is 9.11. The summed E-state index contributed by atoms with van der Waals surface area (Å²) in [6.45, 7) is 0. The molecule has 2 atom stereocenters. The van der Waals surface area contributed by atoms with Crippen LogP contribution in [0.15, 0.2) is 35.8 Å². The number of amides is 1. The van der Waals surface area contributed by atoms with Crippen LogP contribution in [-0.2, 0) is 10.2 Å². The van der Waals surface area contributed by atoms with Crippen molar-refractivity contribution in [1.82, 2.24) is 4.98 Å². The van der Waals surface area contributed by atoms with Gasteiger partial charge in [0.25, 0.3) is 0 Å². The number of nitrogens with two attached hydrogens (primary N) is 1. The van der Waals surface area contributed by atoms with E-state index in [9.17, 15) is 4.79 Å². The Bertz CT molecular complexity index is 707. The van der Waals surface area contributed by atoms with Crippen LogP contribution >= 0.6 is 11.3 Å². The molecule has 5 heteroatoms. The van der Waals surface area contributed by atoms with Crippen molar-refractivity contribution in [3.8, 4) is 0 Å². The largest absolute Gasteiger partial charge is 0.399 e. The number of carbonyl (C=O) groups is 1. The number of thiazole rings is 1. The van der Waals surface area contributed by atoms with E-state index in [2.05, 4.69) is 10.3 Å². The minimum atomic E-state index is -0.401. The predicted octanol–water partition coefficient (Wildman–Crippen LogP) is 4.20. The summed E-state index contributed by atoms with van der Waals surface area (Å²) in [5, 5.41) is 5.61. The van der Waals surface area contributed by atoms with Crippen LogP contribution in [0.4, 0.5) is 10.8 Å². The van der Waals surface area contributed by atoms with Crippen molar-refractivity contribution in [2.45, 2.75) is 43.9 Å². The Morgan fingerprint density at radius 2 is 1.96 bits per heavy atom. The number of benzene rings is 1. The standard InChI is InChI=1S/C19H23N3OS/c20-15-8-6-14(7-9-15)19(17(23)22-18-21-10-11-24-18)12-16(19)13-4-2-1-3-5-13/h6-11,13,16H,1-5,12,20H2,(H,21,22,23). The Balaban J connectivity index is 1.63. The molecule has 0 saturated heterocycles. The summed E-state index contributed by atoms with van der Waals surface area (Å²) in [6, 6.07) is 7.87. The lowest BCUT2D eigenvalue weighted by Gasteiger charge is -2.25. The van der Waals surface area contributed by atoms with Crippen LogP contribution in [0.2, 0.25) is 0 Å². The zero-order chi connectivity index (χ0) is 16.6. The molecule has 2 fully saturated rings. The Morgan fingerprint density at radius 1 is 1.21 bits per heavy atom. The van der Waals surface area contributed by atoms with Crippen LogP contribution in [0, 0.1) is 11.8 Å². The Hall–Kier alpha value is -1.88. The number of nitrogen functional groups attached to an aromatic ring is 1. The molecule has 1 amide bonds. The number of rotatable bonds is 4. The smallest absolute Gasteiger partial charge is 0.237 e. The molecular formula is C19H23N3OS. The first kappa shape index (κ1) is 15.6. The van der Waals surface area contributed by atoms with Crippen molar-refractivity contribution in [3.05, 3.63) is 41.4 Å². The van der Waals surface area contributed by atoms with E-state index >= 15 is 0 Å². The van der Waals surface area contributed by atoms with Gasteiger partial charge >= 0.3 is 0 Å². The number of nitrogens with zero attached hydrogens (tertiary/aromatic N) is 1. The molecule has 1 aromatic heterocycles. The Labute approximate surface area is 146 Å². The van der Waals surface area contributed by atoms with Gasteiger partial charge in [-0.3, -0.25) is 4.79 Å². The Kier molecular flexibility index (Phi) is 4.04. The lowest BCUT2D eigenvalue weighted by atomic mass is 9.80. The van der Waals surface area contributed by atoms with Gasteiger partial charge in [-0.2, -0.15) is 0 Å². The third kappa shape index (κ3) is 2.71. The molecular weight excluding hydrogens is 318 g/mol. The van der Waals surface area contributed by atoms with Crippen molar-refractivity contribution < 1.29 is 4.79 Å². The van der Waals surface area contributed by atoms with Crippen LogP contribution in [0.3, 0.4) is 0 Å². The lowest BCUT2D eigenvalue weighted by molar-refractivity contribution is -0.119. The molecule has 0 bridgehead atoms. The first-order chi connectivity index (χ1) is 11.7. The number of hydrogen-bond donors (Lipinski definition) is 2. The maximum atomic E-state index is 13.2. The fourth-order valence-electron chi connectivity index (χ4n) is 4.39. The number of nitrogens with one attached hydrogen (secondary N) is 1. The first-order valence-corrected chi connectivity index (χ1v) is 9.65. The van der Waals surface area contributed by atoms with E-state index in [1.54, 1.807) is 6.20 Å². The normalized spacial score (nSPS) is 26.9. The highest BCUT2D eigenvalue weighted by atomic mass is 32.1. The average molecular weight is 341 g/mol. The first-order valence-electron chi connectivity index (χ1n) is 8.77. The lowest BCUT2D eigenvalue weighted by Crippen LogP contribution is -2.32. The highest BCUT2D eigenvalue weighted by Gasteiger charge is 2.63. The maximum Gasteiger partial charge on any atom is 0.237 e. The molecule has 4 nitrogen and oxygen atoms in total. The molecule has 2 aliphatic rings. The average Bonchev–Trinajstić information content (AvgIpc) is 3.17. The molecule has 2 unspecified atom stereocenters. The van der Waals surface area contributed by atoms with Gasteiger partial charge in [0.2, 0.25) is 5.91 Å². The summed E-state index contributed by atoms with van der Waals surface area (Å²) in [5.41, 5.74) is 7.28. The number of aromatic nitrogens is 1. The third-order valence-corrected chi connectivity index (χ3v) is 6.41. The second kappa shape index (κ2) is 6.20. The van der Waals surface area contributed by atoms with Crippen molar-refractivity contribution in [3.63, 3.8) is 0 Å². The molecule has 2 aliphatic carbocycles. The molecule has 1 aromatic carbocycles. The van der Waals surface area contributed by atoms with E-state index in [0.29, 0.717) is 17.0 Å². The molecule has 24 heavy (non-hydrogen) atoms. The van der Waals surface area contributed by atoms with Crippen LogP contribution in [0.5, 0.6) is 0 Å². The van der Waals surface area contributed by atoms with E-state index in [1.807, 2.05) is 29.6 Å². The van der Waals surface area contributed by atoms with Crippen LogP contribution < -0.4 is 11.1 Å². The molecule has 2 saturated carbocycles. The van der Waals surface area contributed by atoms with Crippen LogP contribution in [0.1, 0.15) is 44.1 Å². The summed E-state index contributed by atoms with van der Waals surface area (Å²) >= 11 is 1.47. The van der Waals surface area contributed by atoms with Gasteiger partial charge in [0, 0.05) is 17.3 Å². The molecule has 0 radical (unpaired) electrons. The molecule has 4 rings (SSSR count). The van der Waals surface area contributed by atoms with Crippen molar-refractivity contribution in [1.29, 1.82) is 0 Å². The van der Waals surface area contributed by atoms with Gasteiger partial charge in [-0.1, -0.05) is 44.2 Å². The second-order valence-electron chi connectivity index (χ2n) is 7.09. The monoisotopic (exact) mass is 341 g/mol. The van der Waals surface area contributed by atoms with Gasteiger partial charge in [-0.05, 0) is 36.0 Å². The van der Waals surface area contributed by atoms with E-state index in [-0.39, 0.29) is 5.91 Å². The highest BCUT2D eigenvalue weighted by Crippen LogP contribution is 2.61. The fourth-order valence-corrected chi connectivity index (χ4v) is 4.92. The van der Waals surface area contributed by atoms with Gasteiger partial charge in [0.15, 0.2) is 5.13 Å². The number of anilines is 2. The highest BCUT2D eigenvalue weighted by molar-refractivity contribution is 7.13. The molecule has 0 spiro atoms. The fraction of sp³-hybridized carbons (Fsp3) is 0.474. The van der Waals surface area contributed by atoms with Gasteiger partial charge in [-0.25, -0.2) is 4.98 Å². The van der Waals surface area contributed by atoms with Gasteiger partial charge < -0.3 is 11.1 Å². The van der Waals surface area contributed by atoms with Crippen LogP contribution in [0.25, 0.3) is 0 Å². The summed E-state index contributed by atoms with van der Waals surface area (Å²) in [4.78, 5) is 17.4. The minimum Gasteiger partial charge on any atom is -0.399 e. The summed E-state index contributed by atoms with van der Waals surface area (Å²) in [5.74, 6) is 1.21. The number of carbonyl (C=O) groups excluding carboxylic acids is 1. The zero-order valence-corrected chi connectivity index (χ0v) is 14.5. The van der Waals surface area contributed by atoms with E-state index in [0.717, 1.165) is 17.7 Å². The van der Waals surface area contributed by atoms with Crippen molar-refractivity contribution in [2.24, 2.45) is 11.8 Å². The molecule has 0 aliphatic heterocycles. The third-order valence-electron chi connectivity index (χ3n) is 5.72. The SMILES string of the molecule is Nc1ccc(C2(C(=O)Nc3nccs3)CC2C2CCCCC2)cc1. The quantitative estimate of drug-likeness (QED) is 0.819. The van der Waals surface area contributed by atoms with Gasteiger partial charge in [-0.15, -0.1) is 11.3 Å². The van der Waals surface area contributed by atoms with E-state index < -0.39 is 5.41 Å². The predicted molar refractivity (Wildman–Crippen MR) is 98.0 cm³/mol. The molecule has 3 N–H and O–H groups in total. The van der Waals surface area contributed by atoms with Gasteiger partial charge in [0.1, 0.15) is 0 Å². The zero-order valence-electron chi connectivity index (χ0n) is 13.7.